The largest absolute Gasteiger partial charge is 0.310 e. The van der Waals surface area contributed by atoms with Gasteiger partial charge in [0.2, 0.25) is 0 Å². The molecule has 0 amide bonds. The van der Waals surface area contributed by atoms with E-state index in [1.54, 1.807) is 0 Å². The molecule has 0 spiro atoms. The molecule has 0 unspecified atom stereocenters. The van der Waals surface area contributed by atoms with E-state index in [9.17, 15) is 0 Å². The van der Waals surface area contributed by atoms with Gasteiger partial charge >= 0.3 is 0 Å². The summed E-state index contributed by atoms with van der Waals surface area (Å²) in [5.41, 5.74) is 11.8. The fourth-order valence-corrected chi connectivity index (χ4v) is 10.5. The molecule has 2 nitrogen and oxygen atoms in total. The summed E-state index contributed by atoms with van der Waals surface area (Å²) in [5.74, 6) is 0. The van der Waals surface area contributed by atoms with Crippen LogP contribution in [0.15, 0.2) is 218 Å². The summed E-state index contributed by atoms with van der Waals surface area (Å²) in [7, 11) is 0. The fraction of sp³-hybridized carbons (Fsp3) is 0. The third kappa shape index (κ3) is 5.55. The van der Waals surface area contributed by atoms with Gasteiger partial charge in [-0.25, -0.2) is 0 Å². The van der Waals surface area contributed by atoms with Crippen molar-refractivity contribution in [2.75, 3.05) is 4.90 Å². The highest BCUT2D eigenvalue weighted by molar-refractivity contribution is 7.27. The van der Waals surface area contributed by atoms with E-state index >= 15 is 0 Å². The van der Waals surface area contributed by atoms with Gasteiger partial charge in [-0.1, -0.05) is 158 Å². The summed E-state index contributed by atoms with van der Waals surface area (Å²) in [4.78, 5) is 2.38. The number of hydrogen-bond acceptors (Lipinski definition) is 2. The maximum absolute atomic E-state index is 2.39. The number of para-hydroxylation sites is 2. The lowest BCUT2D eigenvalue weighted by atomic mass is 10.0. The molecule has 0 fully saturated rings. The minimum atomic E-state index is 1.11. The summed E-state index contributed by atoms with van der Waals surface area (Å²) in [5, 5.41) is 10.2. The van der Waals surface area contributed by atoms with E-state index in [0.717, 1.165) is 22.7 Å². The molecule has 12 rings (SSSR count). The Morgan fingerprint density at radius 1 is 0.322 bits per heavy atom. The van der Waals surface area contributed by atoms with Gasteiger partial charge in [0.05, 0.1) is 11.0 Å². The van der Waals surface area contributed by atoms with Gasteiger partial charge in [-0.05, 0) is 104 Å². The van der Waals surface area contributed by atoms with Crippen LogP contribution in [-0.2, 0) is 0 Å². The molecular weight excluding hydrogens is 733 g/mol. The van der Waals surface area contributed by atoms with Crippen molar-refractivity contribution in [1.29, 1.82) is 0 Å². The first-order chi connectivity index (χ1) is 29.2. The van der Waals surface area contributed by atoms with Gasteiger partial charge in [0.1, 0.15) is 0 Å². The number of hydrogen-bond donors (Lipinski definition) is 0. The molecule has 0 aliphatic carbocycles. The molecule has 0 aliphatic rings. The van der Waals surface area contributed by atoms with Gasteiger partial charge in [-0.15, -0.1) is 11.3 Å². The standard InChI is InChI=1S/C56H36N2S/c1-2-13-41-36-46(33-25-37(41)11-1)57(44-31-26-40(27-32-44)48-19-10-20-51-52-34-28-39-12-3-4-16-47(39)56(52)59-55(48)51)43-29-23-38(24-30-43)42-14-9-15-45(35-42)58-53-21-7-5-17-49(53)50-18-6-8-22-54(50)58/h1-36H. The van der Waals surface area contributed by atoms with Crippen molar-refractivity contribution in [1.82, 2.24) is 4.57 Å². The quantitative estimate of drug-likeness (QED) is 0.164. The van der Waals surface area contributed by atoms with Gasteiger partial charge in [0.25, 0.3) is 0 Å². The minimum absolute atomic E-state index is 1.11. The second-order valence-electron chi connectivity index (χ2n) is 15.3. The van der Waals surface area contributed by atoms with Crippen molar-refractivity contribution in [3.8, 4) is 27.9 Å². The SMILES string of the molecule is c1cc(-c2ccc(N(c3ccc(-c4cccc5c4sc4c6ccccc6ccc54)cc3)c3ccc4ccccc4c3)cc2)cc(-n2c3ccccc3c3ccccc32)c1. The van der Waals surface area contributed by atoms with E-state index in [0.29, 0.717) is 0 Å². The Morgan fingerprint density at radius 3 is 1.63 bits per heavy atom. The predicted molar refractivity (Wildman–Crippen MR) is 254 cm³/mol. The lowest BCUT2D eigenvalue weighted by molar-refractivity contribution is 1.18. The van der Waals surface area contributed by atoms with Crippen LogP contribution in [0.25, 0.3) is 91.5 Å². The van der Waals surface area contributed by atoms with Gasteiger partial charge in [0, 0.05) is 53.7 Å². The Balaban J connectivity index is 0.937. The second-order valence-corrected chi connectivity index (χ2v) is 16.3. The lowest BCUT2D eigenvalue weighted by Gasteiger charge is -2.26. The molecule has 276 valence electrons. The number of fused-ring (bicyclic) bond motifs is 9. The highest BCUT2D eigenvalue weighted by atomic mass is 32.1. The van der Waals surface area contributed by atoms with Crippen LogP contribution in [0.2, 0.25) is 0 Å². The molecule has 59 heavy (non-hydrogen) atoms. The van der Waals surface area contributed by atoms with E-state index in [2.05, 4.69) is 228 Å². The van der Waals surface area contributed by atoms with E-state index in [4.69, 9.17) is 0 Å². The molecule has 2 aromatic heterocycles. The first-order valence-electron chi connectivity index (χ1n) is 20.2. The summed E-state index contributed by atoms with van der Waals surface area (Å²) < 4.78 is 5.07. The van der Waals surface area contributed by atoms with Crippen molar-refractivity contribution in [2.45, 2.75) is 0 Å². The molecule has 0 atom stereocenters. The zero-order valence-corrected chi connectivity index (χ0v) is 32.9. The summed E-state index contributed by atoms with van der Waals surface area (Å²) >= 11 is 1.91. The van der Waals surface area contributed by atoms with Crippen molar-refractivity contribution in [3.05, 3.63) is 218 Å². The van der Waals surface area contributed by atoms with Gasteiger partial charge < -0.3 is 9.47 Å². The molecule has 0 N–H and O–H groups in total. The van der Waals surface area contributed by atoms with E-state index in [1.807, 2.05) is 11.3 Å². The molecule has 0 saturated carbocycles. The first-order valence-corrected chi connectivity index (χ1v) is 21.0. The molecular formula is C56H36N2S. The number of benzene rings is 10. The highest BCUT2D eigenvalue weighted by Crippen LogP contribution is 2.44. The predicted octanol–water partition coefficient (Wildman–Crippen LogP) is 16.3. The normalized spacial score (nSPS) is 11.7. The van der Waals surface area contributed by atoms with Crippen molar-refractivity contribution in [2.24, 2.45) is 0 Å². The Kier molecular flexibility index (Phi) is 7.75. The van der Waals surface area contributed by atoms with Crippen LogP contribution < -0.4 is 4.90 Å². The van der Waals surface area contributed by atoms with Crippen LogP contribution in [0, 0.1) is 0 Å². The fourth-order valence-electron chi connectivity index (χ4n) is 9.13. The lowest BCUT2D eigenvalue weighted by Crippen LogP contribution is -2.09. The average Bonchev–Trinajstić information content (AvgIpc) is 3.86. The monoisotopic (exact) mass is 768 g/mol. The molecule has 0 saturated heterocycles. The first kappa shape index (κ1) is 33.7. The molecule has 12 aromatic rings. The Labute approximate surface area is 346 Å². The summed E-state index contributed by atoms with van der Waals surface area (Å²) in [6.07, 6.45) is 0. The number of nitrogens with zero attached hydrogens (tertiary/aromatic N) is 2. The number of aromatic nitrogens is 1. The van der Waals surface area contributed by atoms with Crippen molar-refractivity contribution < 1.29 is 0 Å². The number of rotatable bonds is 6. The van der Waals surface area contributed by atoms with Crippen molar-refractivity contribution >= 4 is 91.9 Å². The van der Waals surface area contributed by atoms with Gasteiger partial charge in [0.15, 0.2) is 0 Å². The van der Waals surface area contributed by atoms with Crippen LogP contribution >= 0.6 is 11.3 Å². The minimum Gasteiger partial charge on any atom is -0.310 e. The maximum Gasteiger partial charge on any atom is 0.0541 e. The van der Waals surface area contributed by atoms with E-state index in [1.165, 1.54) is 85.8 Å². The third-order valence-corrected chi connectivity index (χ3v) is 13.2. The van der Waals surface area contributed by atoms with Gasteiger partial charge in [-0.3, -0.25) is 0 Å². The number of thiophene rings is 1. The maximum atomic E-state index is 2.39. The third-order valence-electron chi connectivity index (χ3n) is 12.0. The smallest absolute Gasteiger partial charge is 0.0541 e. The number of anilines is 3. The molecule has 2 heterocycles. The van der Waals surface area contributed by atoms with Crippen LogP contribution in [0.1, 0.15) is 0 Å². The van der Waals surface area contributed by atoms with E-state index in [-0.39, 0.29) is 0 Å². The van der Waals surface area contributed by atoms with Crippen molar-refractivity contribution in [3.63, 3.8) is 0 Å². The van der Waals surface area contributed by atoms with Crippen LogP contribution in [0.4, 0.5) is 17.1 Å². The molecule has 10 aromatic carbocycles. The molecule has 0 aliphatic heterocycles. The van der Waals surface area contributed by atoms with E-state index < -0.39 is 0 Å². The Bertz CT molecular complexity index is 3500. The second kappa shape index (κ2) is 13.6. The Morgan fingerprint density at radius 2 is 0.881 bits per heavy atom. The summed E-state index contributed by atoms with van der Waals surface area (Å²) in [6, 6.07) is 79.8. The van der Waals surface area contributed by atoms with Gasteiger partial charge in [-0.2, -0.15) is 0 Å². The molecule has 0 radical (unpaired) electrons. The zero-order chi connectivity index (χ0) is 38.9. The highest BCUT2D eigenvalue weighted by Gasteiger charge is 2.17. The van der Waals surface area contributed by atoms with Crippen LogP contribution in [-0.4, -0.2) is 4.57 Å². The average molecular weight is 769 g/mol. The summed E-state index contributed by atoms with van der Waals surface area (Å²) in [6.45, 7) is 0. The topological polar surface area (TPSA) is 8.17 Å². The zero-order valence-electron chi connectivity index (χ0n) is 32.1. The molecule has 0 bridgehead atoms. The Hall–Kier alpha value is -7.46. The molecule has 3 heteroatoms. The van der Waals surface area contributed by atoms with Crippen LogP contribution in [0.5, 0.6) is 0 Å². The van der Waals surface area contributed by atoms with Crippen LogP contribution in [0.3, 0.4) is 0 Å².